The van der Waals surface area contributed by atoms with Crippen LogP contribution in [0.5, 0.6) is 0 Å². The number of carbonyl (C=O) groups excluding carboxylic acids is 2. The summed E-state index contributed by atoms with van der Waals surface area (Å²) in [4.78, 5) is 24.7. The van der Waals surface area contributed by atoms with Crippen molar-refractivity contribution in [1.29, 1.82) is 0 Å². The van der Waals surface area contributed by atoms with Crippen molar-refractivity contribution in [3.63, 3.8) is 0 Å². The molecule has 3 atom stereocenters. The second-order valence-corrected chi connectivity index (χ2v) is 4.90. The van der Waals surface area contributed by atoms with Gasteiger partial charge in [-0.1, -0.05) is 12.1 Å². The van der Waals surface area contributed by atoms with Gasteiger partial charge >= 0.3 is 0 Å². The topological polar surface area (TPSA) is 63.4 Å². The Bertz CT molecular complexity index is 511. The van der Waals surface area contributed by atoms with E-state index < -0.39 is 6.04 Å². The Morgan fingerprint density at radius 1 is 1.33 bits per heavy atom. The van der Waals surface area contributed by atoms with Gasteiger partial charge in [0.1, 0.15) is 5.82 Å². The molecule has 0 aromatic heterocycles. The first-order valence-corrected chi connectivity index (χ1v) is 5.94. The number of likely N-dealkylation sites (tertiary alicyclic amines) is 1. The van der Waals surface area contributed by atoms with Crippen molar-refractivity contribution >= 4 is 11.8 Å². The zero-order valence-electron chi connectivity index (χ0n) is 9.67. The largest absolute Gasteiger partial charge is 0.322 e. The lowest BCUT2D eigenvalue weighted by molar-refractivity contribution is -0.141. The number of benzene rings is 1. The van der Waals surface area contributed by atoms with Crippen LogP contribution in [0.4, 0.5) is 4.39 Å². The average Bonchev–Trinajstić information content (AvgIpc) is 3.10. The SMILES string of the molecule is NC(CN1C(=O)C2CC2C1=O)c1cccc(F)c1. The van der Waals surface area contributed by atoms with Crippen molar-refractivity contribution < 1.29 is 14.0 Å². The fourth-order valence-corrected chi connectivity index (χ4v) is 2.47. The lowest BCUT2D eigenvalue weighted by Crippen LogP contribution is -2.38. The first-order valence-electron chi connectivity index (χ1n) is 5.94. The number of hydrogen-bond acceptors (Lipinski definition) is 3. The molecule has 1 saturated heterocycles. The van der Waals surface area contributed by atoms with Gasteiger partial charge in [-0.2, -0.15) is 0 Å². The molecule has 0 radical (unpaired) electrons. The van der Waals surface area contributed by atoms with Gasteiger partial charge in [-0.3, -0.25) is 14.5 Å². The van der Waals surface area contributed by atoms with Crippen LogP contribution in [0.25, 0.3) is 0 Å². The minimum absolute atomic E-state index is 0.114. The Morgan fingerprint density at radius 2 is 2.00 bits per heavy atom. The molecule has 1 heterocycles. The van der Waals surface area contributed by atoms with Gasteiger partial charge in [-0.15, -0.1) is 0 Å². The summed E-state index contributed by atoms with van der Waals surface area (Å²) in [7, 11) is 0. The van der Waals surface area contributed by atoms with Crippen molar-refractivity contribution in [3.8, 4) is 0 Å². The number of halogens is 1. The minimum Gasteiger partial charge on any atom is -0.322 e. The molecule has 2 amide bonds. The number of nitrogens with zero attached hydrogens (tertiary/aromatic N) is 1. The van der Waals surface area contributed by atoms with Crippen LogP contribution in [0.1, 0.15) is 18.0 Å². The molecule has 1 aliphatic heterocycles. The molecular formula is C13H13FN2O2. The van der Waals surface area contributed by atoms with Crippen molar-refractivity contribution in [2.24, 2.45) is 17.6 Å². The summed E-state index contributed by atoms with van der Waals surface area (Å²) in [6, 6.07) is 5.38. The maximum Gasteiger partial charge on any atom is 0.233 e. The van der Waals surface area contributed by atoms with Crippen LogP contribution in [0.2, 0.25) is 0 Å². The van der Waals surface area contributed by atoms with E-state index >= 15 is 0 Å². The van der Waals surface area contributed by atoms with Gasteiger partial charge in [-0.25, -0.2) is 4.39 Å². The molecule has 2 N–H and O–H groups in total. The zero-order valence-corrected chi connectivity index (χ0v) is 9.67. The van der Waals surface area contributed by atoms with Crippen LogP contribution in [-0.2, 0) is 9.59 Å². The molecule has 0 spiro atoms. The molecular weight excluding hydrogens is 235 g/mol. The molecule has 5 heteroatoms. The smallest absolute Gasteiger partial charge is 0.233 e. The highest BCUT2D eigenvalue weighted by molar-refractivity contribution is 6.08. The fraction of sp³-hybridized carbons (Fsp3) is 0.385. The number of fused-ring (bicyclic) bond motifs is 1. The normalized spacial score (nSPS) is 27.3. The van der Waals surface area contributed by atoms with E-state index in [0.29, 0.717) is 12.0 Å². The molecule has 3 rings (SSSR count). The Balaban J connectivity index is 1.73. The Morgan fingerprint density at radius 3 is 2.61 bits per heavy atom. The first-order chi connectivity index (χ1) is 8.58. The van der Waals surface area contributed by atoms with Crippen molar-refractivity contribution in [3.05, 3.63) is 35.6 Å². The summed E-state index contributed by atoms with van der Waals surface area (Å²) in [5.74, 6) is -0.854. The number of hydrogen-bond donors (Lipinski definition) is 1. The van der Waals surface area contributed by atoms with E-state index in [1.165, 1.54) is 17.0 Å². The molecule has 0 bridgehead atoms. The van der Waals surface area contributed by atoms with Gasteiger partial charge in [0, 0.05) is 12.6 Å². The van der Waals surface area contributed by atoms with Crippen LogP contribution in [0.15, 0.2) is 24.3 Å². The van der Waals surface area contributed by atoms with Crippen LogP contribution in [0, 0.1) is 17.7 Å². The second kappa shape index (κ2) is 3.88. The molecule has 1 aliphatic carbocycles. The molecule has 1 aromatic rings. The van der Waals surface area contributed by atoms with Crippen LogP contribution in [-0.4, -0.2) is 23.3 Å². The van der Waals surface area contributed by atoms with Crippen LogP contribution in [0.3, 0.4) is 0 Å². The predicted molar refractivity (Wildman–Crippen MR) is 61.6 cm³/mol. The van der Waals surface area contributed by atoms with Crippen LogP contribution < -0.4 is 5.73 Å². The van der Waals surface area contributed by atoms with Gasteiger partial charge in [0.25, 0.3) is 0 Å². The molecule has 2 fully saturated rings. The first kappa shape index (κ1) is 11.3. The minimum atomic E-state index is -0.536. The second-order valence-electron chi connectivity index (χ2n) is 4.90. The summed E-state index contributed by atoms with van der Waals surface area (Å²) in [6.45, 7) is 0.133. The predicted octanol–water partition coefficient (Wildman–Crippen LogP) is 0.830. The lowest BCUT2D eigenvalue weighted by Gasteiger charge is -2.21. The third kappa shape index (κ3) is 1.71. The molecule has 94 valence electrons. The molecule has 4 nitrogen and oxygen atoms in total. The maximum absolute atomic E-state index is 13.1. The monoisotopic (exact) mass is 248 g/mol. The van der Waals surface area contributed by atoms with Gasteiger partial charge in [0.2, 0.25) is 11.8 Å². The zero-order chi connectivity index (χ0) is 12.9. The van der Waals surface area contributed by atoms with Crippen LogP contribution >= 0.6 is 0 Å². The van der Waals surface area contributed by atoms with E-state index in [1.54, 1.807) is 12.1 Å². The summed E-state index contributed by atoms with van der Waals surface area (Å²) in [5, 5.41) is 0. The van der Waals surface area contributed by atoms with Gasteiger partial charge in [0.15, 0.2) is 0 Å². The standard InChI is InChI=1S/C13H13FN2O2/c14-8-3-1-2-7(4-8)11(15)6-16-12(17)9-5-10(9)13(16)18/h1-4,9-11H,5-6,15H2. The van der Waals surface area contributed by atoms with Gasteiger partial charge < -0.3 is 5.73 Å². The van der Waals surface area contributed by atoms with Gasteiger partial charge in [-0.05, 0) is 24.1 Å². The highest BCUT2D eigenvalue weighted by atomic mass is 19.1. The summed E-state index contributed by atoms with van der Waals surface area (Å²) in [5.41, 5.74) is 6.51. The van der Waals surface area contributed by atoms with E-state index in [9.17, 15) is 14.0 Å². The van der Waals surface area contributed by atoms with Crippen molar-refractivity contribution in [2.45, 2.75) is 12.5 Å². The van der Waals surface area contributed by atoms with Gasteiger partial charge in [0.05, 0.1) is 11.8 Å². The van der Waals surface area contributed by atoms with E-state index in [0.717, 1.165) is 0 Å². The maximum atomic E-state index is 13.1. The number of piperidine rings is 1. The van der Waals surface area contributed by atoms with E-state index in [4.69, 9.17) is 5.73 Å². The van der Waals surface area contributed by atoms with Crippen molar-refractivity contribution in [2.75, 3.05) is 6.54 Å². The highest BCUT2D eigenvalue weighted by Crippen LogP contribution is 2.47. The number of imide groups is 1. The Hall–Kier alpha value is -1.75. The average molecular weight is 248 g/mol. The van der Waals surface area contributed by atoms with Crippen molar-refractivity contribution in [1.82, 2.24) is 4.90 Å². The molecule has 3 unspecified atom stereocenters. The van der Waals surface area contributed by atoms with E-state index in [2.05, 4.69) is 0 Å². The van der Waals surface area contributed by atoms with E-state index in [-0.39, 0.29) is 36.0 Å². The Labute approximate surface area is 104 Å². The molecule has 18 heavy (non-hydrogen) atoms. The third-order valence-electron chi connectivity index (χ3n) is 3.61. The molecule has 1 saturated carbocycles. The number of amides is 2. The fourth-order valence-electron chi connectivity index (χ4n) is 2.47. The summed E-state index contributed by atoms with van der Waals surface area (Å²) >= 11 is 0. The Kier molecular flexibility index (Phi) is 2.45. The summed E-state index contributed by atoms with van der Waals surface area (Å²) < 4.78 is 13.1. The number of rotatable bonds is 3. The lowest BCUT2D eigenvalue weighted by atomic mass is 10.1. The third-order valence-corrected chi connectivity index (χ3v) is 3.61. The highest BCUT2D eigenvalue weighted by Gasteiger charge is 2.58. The quantitative estimate of drug-likeness (QED) is 0.806. The molecule has 1 aromatic carbocycles. The molecule has 2 aliphatic rings. The number of nitrogens with two attached hydrogens (primary N) is 1. The van der Waals surface area contributed by atoms with E-state index in [1.807, 2.05) is 0 Å². The summed E-state index contributed by atoms with van der Waals surface area (Å²) in [6.07, 6.45) is 0.684. The number of carbonyl (C=O) groups is 2.